The SMILES string of the molecule is CN(C)S(=O)(=O)c1ccc(NCCCl)cc1. The third-order valence-electron chi connectivity index (χ3n) is 2.06. The van der Waals surface area contributed by atoms with E-state index in [1.807, 2.05) is 0 Å². The normalized spacial score (nSPS) is 11.8. The number of hydrogen-bond acceptors (Lipinski definition) is 3. The van der Waals surface area contributed by atoms with Crippen molar-refractivity contribution >= 4 is 27.3 Å². The molecule has 16 heavy (non-hydrogen) atoms. The first-order chi connectivity index (χ1) is 7.48. The lowest BCUT2D eigenvalue weighted by atomic mass is 10.3. The van der Waals surface area contributed by atoms with Crippen LogP contribution in [0.25, 0.3) is 0 Å². The average molecular weight is 263 g/mol. The number of sulfonamides is 1. The molecule has 0 unspecified atom stereocenters. The van der Waals surface area contributed by atoms with Crippen molar-refractivity contribution in [3.05, 3.63) is 24.3 Å². The lowest BCUT2D eigenvalue weighted by molar-refractivity contribution is 0.521. The van der Waals surface area contributed by atoms with Gasteiger partial charge in [0.25, 0.3) is 0 Å². The fraction of sp³-hybridized carbons (Fsp3) is 0.400. The lowest BCUT2D eigenvalue weighted by Gasteiger charge is -2.11. The summed E-state index contributed by atoms with van der Waals surface area (Å²) in [5.41, 5.74) is 0.860. The Balaban J connectivity index is 2.87. The third-order valence-corrected chi connectivity index (χ3v) is 4.07. The van der Waals surface area contributed by atoms with E-state index in [-0.39, 0.29) is 4.90 Å². The molecule has 90 valence electrons. The van der Waals surface area contributed by atoms with Gasteiger partial charge in [-0.3, -0.25) is 0 Å². The standard InChI is InChI=1S/C10H15ClN2O2S/c1-13(2)16(14,15)10-5-3-9(4-6-10)12-8-7-11/h3-6,12H,7-8H2,1-2H3. The number of benzene rings is 1. The van der Waals surface area contributed by atoms with Crippen LogP contribution >= 0.6 is 11.6 Å². The van der Waals surface area contributed by atoms with Gasteiger partial charge in [0, 0.05) is 32.2 Å². The fourth-order valence-corrected chi connectivity index (χ4v) is 2.14. The van der Waals surface area contributed by atoms with Crippen LogP contribution in [0.3, 0.4) is 0 Å². The molecular formula is C10H15ClN2O2S. The second-order valence-corrected chi connectivity index (χ2v) is 5.96. The van der Waals surface area contributed by atoms with Gasteiger partial charge in [-0.1, -0.05) is 0 Å². The predicted octanol–water partition coefficient (Wildman–Crippen LogP) is 1.59. The summed E-state index contributed by atoms with van der Waals surface area (Å²) in [5.74, 6) is 0.512. The van der Waals surface area contributed by atoms with Crippen LogP contribution in [0.4, 0.5) is 5.69 Å². The van der Waals surface area contributed by atoms with Gasteiger partial charge in [-0.2, -0.15) is 0 Å². The summed E-state index contributed by atoms with van der Waals surface area (Å²) in [4.78, 5) is 0.286. The minimum absolute atomic E-state index is 0.286. The highest BCUT2D eigenvalue weighted by molar-refractivity contribution is 7.89. The van der Waals surface area contributed by atoms with Crippen LogP contribution in [-0.4, -0.2) is 39.2 Å². The molecule has 0 aliphatic rings. The Hall–Kier alpha value is -0.780. The second kappa shape index (κ2) is 5.52. The van der Waals surface area contributed by atoms with Gasteiger partial charge in [-0.05, 0) is 24.3 Å². The summed E-state index contributed by atoms with van der Waals surface area (Å²) >= 11 is 5.53. The van der Waals surface area contributed by atoms with Crippen LogP contribution in [0.2, 0.25) is 0 Å². The largest absolute Gasteiger partial charge is 0.384 e. The zero-order valence-electron chi connectivity index (χ0n) is 9.27. The average Bonchev–Trinajstić information content (AvgIpc) is 2.26. The van der Waals surface area contributed by atoms with Crippen molar-refractivity contribution in [3.63, 3.8) is 0 Å². The van der Waals surface area contributed by atoms with Gasteiger partial charge in [-0.25, -0.2) is 12.7 Å². The molecule has 0 bridgehead atoms. The zero-order valence-corrected chi connectivity index (χ0v) is 10.8. The number of alkyl halides is 1. The van der Waals surface area contributed by atoms with E-state index in [0.29, 0.717) is 12.4 Å². The zero-order chi connectivity index (χ0) is 12.2. The maximum absolute atomic E-state index is 11.7. The van der Waals surface area contributed by atoms with Crippen LogP contribution in [0.1, 0.15) is 0 Å². The van der Waals surface area contributed by atoms with Gasteiger partial charge in [0.1, 0.15) is 0 Å². The first-order valence-corrected chi connectivity index (χ1v) is 6.78. The first kappa shape index (κ1) is 13.3. The van der Waals surface area contributed by atoms with Gasteiger partial charge in [0.15, 0.2) is 0 Å². The van der Waals surface area contributed by atoms with E-state index in [2.05, 4.69) is 5.32 Å². The van der Waals surface area contributed by atoms with E-state index < -0.39 is 10.0 Å². The Morgan fingerprint density at radius 2 is 1.81 bits per heavy atom. The quantitative estimate of drug-likeness (QED) is 0.820. The number of nitrogens with one attached hydrogen (secondary N) is 1. The minimum atomic E-state index is -3.33. The summed E-state index contributed by atoms with van der Waals surface area (Å²) in [6, 6.07) is 6.60. The Kier molecular flexibility index (Phi) is 4.58. The molecular weight excluding hydrogens is 248 g/mol. The van der Waals surface area contributed by atoms with E-state index in [1.165, 1.54) is 18.4 Å². The van der Waals surface area contributed by atoms with Crippen LogP contribution in [0.5, 0.6) is 0 Å². The van der Waals surface area contributed by atoms with E-state index in [9.17, 15) is 8.42 Å². The lowest BCUT2D eigenvalue weighted by Crippen LogP contribution is -2.22. The van der Waals surface area contributed by atoms with Crippen molar-refractivity contribution in [2.75, 3.05) is 31.8 Å². The molecule has 0 radical (unpaired) electrons. The molecule has 6 heteroatoms. The Morgan fingerprint density at radius 3 is 2.25 bits per heavy atom. The van der Waals surface area contributed by atoms with Crippen LogP contribution in [0.15, 0.2) is 29.2 Å². The number of anilines is 1. The monoisotopic (exact) mass is 262 g/mol. The highest BCUT2D eigenvalue weighted by atomic mass is 35.5. The fourth-order valence-electron chi connectivity index (χ4n) is 1.15. The second-order valence-electron chi connectivity index (χ2n) is 3.43. The molecule has 1 aromatic carbocycles. The summed E-state index contributed by atoms with van der Waals surface area (Å²) in [6.45, 7) is 0.654. The smallest absolute Gasteiger partial charge is 0.242 e. The Morgan fingerprint density at radius 1 is 1.25 bits per heavy atom. The Bertz CT molecular complexity index is 429. The maximum atomic E-state index is 11.7. The molecule has 1 rings (SSSR count). The van der Waals surface area contributed by atoms with Crippen molar-refractivity contribution < 1.29 is 8.42 Å². The third kappa shape index (κ3) is 3.10. The first-order valence-electron chi connectivity index (χ1n) is 4.81. The summed E-state index contributed by atoms with van der Waals surface area (Å²) in [5, 5.41) is 3.06. The van der Waals surface area contributed by atoms with Gasteiger partial charge in [-0.15, -0.1) is 11.6 Å². The van der Waals surface area contributed by atoms with E-state index >= 15 is 0 Å². The van der Waals surface area contributed by atoms with Crippen molar-refractivity contribution in [3.8, 4) is 0 Å². The number of nitrogens with zero attached hydrogens (tertiary/aromatic N) is 1. The van der Waals surface area contributed by atoms with Crippen LogP contribution < -0.4 is 5.32 Å². The molecule has 0 fully saturated rings. The van der Waals surface area contributed by atoms with Gasteiger partial charge in [0.2, 0.25) is 10.0 Å². The van der Waals surface area contributed by atoms with Gasteiger partial charge >= 0.3 is 0 Å². The minimum Gasteiger partial charge on any atom is -0.384 e. The molecule has 0 aromatic heterocycles. The molecule has 0 amide bonds. The highest BCUT2D eigenvalue weighted by Gasteiger charge is 2.16. The number of hydrogen-bond donors (Lipinski definition) is 1. The van der Waals surface area contributed by atoms with Crippen LogP contribution in [-0.2, 0) is 10.0 Å². The topological polar surface area (TPSA) is 49.4 Å². The van der Waals surface area contributed by atoms with E-state index in [0.717, 1.165) is 5.69 Å². The van der Waals surface area contributed by atoms with Crippen molar-refractivity contribution in [2.45, 2.75) is 4.90 Å². The molecule has 0 heterocycles. The van der Waals surface area contributed by atoms with E-state index in [4.69, 9.17) is 11.6 Å². The molecule has 0 aliphatic carbocycles. The molecule has 1 aromatic rings. The molecule has 0 atom stereocenters. The van der Waals surface area contributed by atoms with Gasteiger partial charge < -0.3 is 5.32 Å². The highest BCUT2D eigenvalue weighted by Crippen LogP contribution is 2.16. The van der Waals surface area contributed by atoms with Gasteiger partial charge in [0.05, 0.1) is 4.90 Å². The summed E-state index contributed by atoms with van der Waals surface area (Å²) in [7, 11) is -0.317. The summed E-state index contributed by atoms with van der Waals surface area (Å²) < 4.78 is 24.7. The van der Waals surface area contributed by atoms with Crippen LogP contribution in [0, 0.1) is 0 Å². The maximum Gasteiger partial charge on any atom is 0.242 e. The molecule has 0 saturated heterocycles. The predicted molar refractivity (Wildman–Crippen MR) is 66.5 cm³/mol. The number of halogens is 1. The van der Waals surface area contributed by atoms with Crippen molar-refractivity contribution in [1.82, 2.24) is 4.31 Å². The molecule has 1 N–H and O–H groups in total. The van der Waals surface area contributed by atoms with E-state index in [1.54, 1.807) is 24.3 Å². The Labute approximate surface area is 101 Å². The summed E-state index contributed by atoms with van der Waals surface area (Å²) in [6.07, 6.45) is 0. The molecule has 0 spiro atoms. The number of rotatable bonds is 5. The molecule has 0 aliphatic heterocycles. The van der Waals surface area contributed by atoms with Crippen molar-refractivity contribution in [1.29, 1.82) is 0 Å². The van der Waals surface area contributed by atoms with Crippen molar-refractivity contribution in [2.24, 2.45) is 0 Å². The molecule has 0 saturated carbocycles. The molecule has 4 nitrogen and oxygen atoms in total.